The summed E-state index contributed by atoms with van der Waals surface area (Å²) in [5, 5.41) is 12.7. The summed E-state index contributed by atoms with van der Waals surface area (Å²) in [7, 11) is 0. The van der Waals surface area contributed by atoms with Gasteiger partial charge in [-0.2, -0.15) is 0 Å². The number of benzene rings is 1. The molecule has 1 fully saturated rings. The highest BCUT2D eigenvalue weighted by molar-refractivity contribution is 6.30. The number of rotatable bonds is 3. The van der Waals surface area contributed by atoms with Crippen LogP contribution in [0.25, 0.3) is 0 Å². The molecule has 1 aliphatic heterocycles. The van der Waals surface area contributed by atoms with Crippen molar-refractivity contribution in [2.75, 3.05) is 19.6 Å². The van der Waals surface area contributed by atoms with Crippen LogP contribution < -0.4 is 5.32 Å². The normalized spacial score (nSPS) is 21.4. The molecule has 0 aromatic heterocycles. The van der Waals surface area contributed by atoms with Gasteiger partial charge in [0.1, 0.15) is 6.04 Å². The van der Waals surface area contributed by atoms with Crippen LogP contribution in [0.5, 0.6) is 0 Å². The van der Waals surface area contributed by atoms with Gasteiger partial charge in [0.2, 0.25) is 0 Å². The largest absolute Gasteiger partial charge is 0.480 e. The molecule has 0 radical (unpaired) electrons. The third-order valence-corrected chi connectivity index (χ3v) is 3.13. The van der Waals surface area contributed by atoms with Crippen LogP contribution in [0.4, 0.5) is 0 Å². The minimum Gasteiger partial charge on any atom is -0.480 e. The minimum absolute atomic E-state index is 0.462. The van der Waals surface area contributed by atoms with Gasteiger partial charge in [-0.1, -0.05) is 23.7 Å². The zero-order valence-electron chi connectivity index (χ0n) is 9.40. The van der Waals surface area contributed by atoms with Crippen LogP contribution in [0, 0.1) is 0 Å². The minimum atomic E-state index is -0.786. The number of aliphatic carboxylic acids is 1. The second-order valence-electron chi connectivity index (χ2n) is 4.21. The lowest BCUT2D eigenvalue weighted by Crippen LogP contribution is -2.53. The zero-order valence-corrected chi connectivity index (χ0v) is 10.2. The Balaban J connectivity index is 1.94. The van der Waals surface area contributed by atoms with Gasteiger partial charge >= 0.3 is 5.97 Å². The summed E-state index contributed by atoms with van der Waals surface area (Å²) in [5.41, 5.74) is 1.15. The molecule has 1 heterocycles. The molecule has 1 aromatic rings. The van der Waals surface area contributed by atoms with Crippen molar-refractivity contribution >= 4 is 17.6 Å². The Labute approximate surface area is 105 Å². The first kappa shape index (κ1) is 12.4. The Morgan fingerprint density at radius 1 is 1.47 bits per heavy atom. The molecule has 0 unspecified atom stereocenters. The van der Waals surface area contributed by atoms with E-state index in [4.69, 9.17) is 16.7 Å². The first-order valence-corrected chi connectivity index (χ1v) is 5.96. The Kier molecular flexibility index (Phi) is 3.99. The Morgan fingerprint density at radius 3 is 2.82 bits per heavy atom. The van der Waals surface area contributed by atoms with Crippen molar-refractivity contribution in [2.24, 2.45) is 0 Å². The first-order chi connectivity index (χ1) is 8.15. The van der Waals surface area contributed by atoms with E-state index in [1.54, 1.807) is 0 Å². The molecule has 17 heavy (non-hydrogen) atoms. The fraction of sp³-hybridized carbons (Fsp3) is 0.417. The van der Waals surface area contributed by atoms with Crippen molar-refractivity contribution < 1.29 is 9.90 Å². The predicted molar refractivity (Wildman–Crippen MR) is 66.2 cm³/mol. The molecule has 0 spiro atoms. The second kappa shape index (κ2) is 5.49. The maximum atomic E-state index is 10.9. The number of carbonyl (C=O) groups is 1. The average Bonchev–Trinajstić information content (AvgIpc) is 2.32. The van der Waals surface area contributed by atoms with Crippen LogP contribution in [0.1, 0.15) is 5.56 Å². The van der Waals surface area contributed by atoms with E-state index in [1.165, 1.54) is 0 Å². The van der Waals surface area contributed by atoms with Gasteiger partial charge in [-0.15, -0.1) is 0 Å². The third-order valence-electron chi connectivity index (χ3n) is 2.88. The maximum absolute atomic E-state index is 10.9. The molecular formula is C12H15ClN2O2. The SMILES string of the molecule is O=C(O)[C@@H]1CN(Cc2ccc(Cl)cc2)CCN1. The maximum Gasteiger partial charge on any atom is 0.322 e. The van der Waals surface area contributed by atoms with Crippen LogP contribution in [0.15, 0.2) is 24.3 Å². The molecule has 2 rings (SSSR count). The molecule has 0 bridgehead atoms. The highest BCUT2D eigenvalue weighted by Gasteiger charge is 2.24. The molecule has 5 heteroatoms. The van der Waals surface area contributed by atoms with Crippen LogP contribution >= 0.6 is 11.6 Å². The van der Waals surface area contributed by atoms with E-state index in [0.717, 1.165) is 23.7 Å². The van der Waals surface area contributed by atoms with E-state index < -0.39 is 12.0 Å². The van der Waals surface area contributed by atoms with Gasteiger partial charge in [0.15, 0.2) is 0 Å². The van der Waals surface area contributed by atoms with Gasteiger partial charge < -0.3 is 10.4 Å². The summed E-state index contributed by atoms with van der Waals surface area (Å²) in [6.07, 6.45) is 0. The van der Waals surface area contributed by atoms with E-state index in [0.29, 0.717) is 13.1 Å². The molecule has 1 aromatic carbocycles. The number of hydrogen-bond acceptors (Lipinski definition) is 3. The van der Waals surface area contributed by atoms with Crippen LogP contribution in [0.3, 0.4) is 0 Å². The van der Waals surface area contributed by atoms with Crippen molar-refractivity contribution in [3.05, 3.63) is 34.9 Å². The number of nitrogens with zero attached hydrogens (tertiary/aromatic N) is 1. The van der Waals surface area contributed by atoms with Gasteiger partial charge in [0.25, 0.3) is 0 Å². The van der Waals surface area contributed by atoms with Crippen LogP contribution in [-0.4, -0.2) is 41.7 Å². The Bertz CT molecular complexity index is 394. The number of piperazine rings is 1. The number of carboxylic acid groups (broad SMARTS) is 1. The highest BCUT2D eigenvalue weighted by Crippen LogP contribution is 2.12. The van der Waals surface area contributed by atoms with E-state index in [-0.39, 0.29) is 0 Å². The monoisotopic (exact) mass is 254 g/mol. The van der Waals surface area contributed by atoms with E-state index in [2.05, 4.69) is 10.2 Å². The Hall–Kier alpha value is -1.10. The van der Waals surface area contributed by atoms with Crippen LogP contribution in [0.2, 0.25) is 5.02 Å². The quantitative estimate of drug-likeness (QED) is 0.851. The average molecular weight is 255 g/mol. The molecule has 4 nitrogen and oxygen atoms in total. The molecule has 2 N–H and O–H groups in total. The van der Waals surface area contributed by atoms with Gasteiger partial charge in [0, 0.05) is 31.2 Å². The molecule has 0 saturated carbocycles. The Morgan fingerprint density at radius 2 is 2.18 bits per heavy atom. The smallest absolute Gasteiger partial charge is 0.322 e. The molecule has 1 aliphatic rings. The van der Waals surface area contributed by atoms with Gasteiger partial charge in [-0.3, -0.25) is 9.69 Å². The topological polar surface area (TPSA) is 52.6 Å². The molecule has 92 valence electrons. The van der Waals surface area contributed by atoms with Crippen molar-refractivity contribution in [1.29, 1.82) is 0 Å². The number of halogens is 1. The summed E-state index contributed by atoms with van der Waals surface area (Å²) in [6.45, 7) is 2.89. The number of carboxylic acids is 1. The lowest BCUT2D eigenvalue weighted by molar-refractivity contribution is -0.140. The second-order valence-corrected chi connectivity index (χ2v) is 4.64. The fourth-order valence-electron chi connectivity index (χ4n) is 1.97. The van der Waals surface area contributed by atoms with Crippen molar-refractivity contribution in [3.8, 4) is 0 Å². The summed E-state index contributed by atoms with van der Waals surface area (Å²) in [5.74, 6) is -0.786. The summed E-state index contributed by atoms with van der Waals surface area (Å²) in [6, 6.07) is 7.19. The van der Waals surface area contributed by atoms with Crippen molar-refractivity contribution in [2.45, 2.75) is 12.6 Å². The van der Waals surface area contributed by atoms with Gasteiger partial charge in [0.05, 0.1) is 0 Å². The molecule has 1 atom stereocenters. The predicted octanol–water partition coefficient (Wildman–Crippen LogP) is 1.20. The lowest BCUT2D eigenvalue weighted by Gasteiger charge is -2.31. The molecule has 0 amide bonds. The highest BCUT2D eigenvalue weighted by atomic mass is 35.5. The molecule has 1 saturated heterocycles. The third kappa shape index (κ3) is 3.43. The first-order valence-electron chi connectivity index (χ1n) is 5.58. The standard InChI is InChI=1S/C12H15ClN2O2/c13-10-3-1-9(2-4-10)7-15-6-5-14-11(8-15)12(16)17/h1-4,11,14H,5-8H2,(H,16,17)/t11-/m0/s1. The molecular weight excluding hydrogens is 240 g/mol. The van der Waals surface area contributed by atoms with Crippen molar-refractivity contribution in [1.82, 2.24) is 10.2 Å². The summed E-state index contributed by atoms with van der Waals surface area (Å²) >= 11 is 5.82. The number of nitrogens with one attached hydrogen (secondary N) is 1. The summed E-state index contributed by atoms with van der Waals surface area (Å²) in [4.78, 5) is 13.0. The van der Waals surface area contributed by atoms with E-state index in [9.17, 15) is 4.79 Å². The lowest BCUT2D eigenvalue weighted by atomic mass is 10.1. The molecule has 0 aliphatic carbocycles. The fourth-order valence-corrected chi connectivity index (χ4v) is 2.09. The van der Waals surface area contributed by atoms with E-state index in [1.807, 2.05) is 24.3 Å². The van der Waals surface area contributed by atoms with Gasteiger partial charge in [-0.25, -0.2) is 0 Å². The zero-order chi connectivity index (χ0) is 12.3. The van der Waals surface area contributed by atoms with Crippen LogP contribution in [-0.2, 0) is 11.3 Å². The number of hydrogen-bond donors (Lipinski definition) is 2. The summed E-state index contributed by atoms with van der Waals surface area (Å²) < 4.78 is 0. The van der Waals surface area contributed by atoms with Gasteiger partial charge in [-0.05, 0) is 17.7 Å². The van der Waals surface area contributed by atoms with E-state index >= 15 is 0 Å². The van der Waals surface area contributed by atoms with Crippen molar-refractivity contribution in [3.63, 3.8) is 0 Å².